The van der Waals surface area contributed by atoms with Crippen LogP contribution < -0.4 is 0 Å². The third-order valence-electron chi connectivity index (χ3n) is 4.47. The molecule has 0 bridgehead atoms. The van der Waals surface area contributed by atoms with Crippen molar-refractivity contribution in [2.45, 2.75) is 66.2 Å². The van der Waals surface area contributed by atoms with Crippen molar-refractivity contribution >= 4 is 35.6 Å². The Morgan fingerprint density at radius 1 is 0.786 bits per heavy atom. The van der Waals surface area contributed by atoms with E-state index < -0.39 is 46.4 Å². The zero-order valence-electron chi connectivity index (χ0n) is 16.4. The number of carbonyl (C=O) groups is 6. The number of carbonyl (C=O) groups excluding carboxylic acids is 6. The summed E-state index contributed by atoms with van der Waals surface area (Å²) in [6.07, 6.45) is -0.00530. The topological polar surface area (TPSA) is 127 Å². The summed E-state index contributed by atoms with van der Waals surface area (Å²) in [4.78, 5) is 80.7. The lowest BCUT2D eigenvalue weighted by atomic mass is 9.73. The largest absolute Gasteiger partial charge is 0.338 e. The van der Waals surface area contributed by atoms with Crippen LogP contribution in [0.1, 0.15) is 66.2 Å². The molecule has 0 saturated carbocycles. The molecule has 0 spiro atoms. The van der Waals surface area contributed by atoms with Gasteiger partial charge < -0.3 is 9.68 Å². The zero-order valence-corrected chi connectivity index (χ0v) is 16.4. The summed E-state index contributed by atoms with van der Waals surface area (Å²) in [6, 6.07) is 0. The quantitative estimate of drug-likeness (QED) is 0.584. The second kappa shape index (κ2) is 7.69. The van der Waals surface area contributed by atoms with E-state index in [-0.39, 0.29) is 38.5 Å². The summed E-state index contributed by atoms with van der Waals surface area (Å²) in [6.45, 7) is 6.56. The molecule has 28 heavy (non-hydrogen) atoms. The number of nitrogens with zero attached hydrogens (tertiary/aromatic N) is 2. The first-order chi connectivity index (χ1) is 12.8. The molecule has 10 nitrogen and oxygen atoms in total. The van der Waals surface area contributed by atoms with Crippen molar-refractivity contribution in [3.8, 4) is 0 Å². The molecule has 0 unspecified atom stereocenters. The Morgan fingerprint density at radius 2 is 1.18 bits per heavy atom. The highest BCUT2D eigenvalue weighted by molar-refractivity contribution is 6.02. The molecule has 2 saturated heterocycles. The number of amides is 4. The number of hydrogen-bond acceptors (Lipinski definition) is 8. The van der Waals surface area contributed by atoms with Crippen molar-refractivity contribution in [1.29, 1.82) is 0 Å². The third-order valence-corrected chi connectivity index (χ3v) is 4.47. The van der Waals surface area contributed by atoms with Crippen LogP contribution in [-0.2, 0) is 38.4 Å². The number of hydrogen-bond donors (Lipinski definition) is 0. The smallest absolute Gasteiger partial charge is 0.330 e. The first kappa shape index (κ1) is 21.5. The Bertz CT molecular complexity index is 708. The zero-order chi connectivity index (χ0) is 21.3. The lowest BCUT2D eigenvalue weighted by Gasteiger charge is -2.33. The molecule has 0 aromatic rings. The highest BCUT2D eigenvalue weighted by atomic mass is 16.7. The van der Waals surface area contributed by atoms with Crippen molar-refractivity contribution in [2.24, 2.45) is 10.8 Å². The summed E-state index contributed by atoms with van der Waals surface area (Å²) in [5, 5.41) is 0.957. The molecule has 0 aliphatic carbocycles. The second-order valence-electron chi connectivity index (χ2n) is 8.41. The average molecular weight is 396 g/mol. The molecule has 154 valence electrons. The summed E-state index contributed by atoms with van der Waals surface area (Å²) < 4.78 is 0. The maximum atomic E-state index is 12.5. The molecule has 0 aromatic carbocycles. The van der Waals surface area contributed by atoms with Crippen LogP contribution in [0.15, 0.2) is 0 Å². The molecule has 0 radical (unpaired) electrons. The Hall–Kier alpha value is -2.78. The minimum Gasteiger partial charge on any atom is -0.330 e. The van der Waals surface area contributed by atoms with Crippen LogP contribution in [0.5, 0.6) is 0 Å². The number of imide groups is 2. The van der Waals surface area contributed by atoms with E-state index in [0.717, 1.165) is 0 Å². The van der Waals surface area contributed by atoms with Gasteiger partial charge in [0.15, 0.2) is 0 Å². The van der Waals surface area contributed by atoms with E-state index in [1.165, 1.54) is 0 Å². The summed E-state index contributed by atoms with van der Waals surface area (Å²) in [7, 11) is 0. The molecule has 0 atom stereocenters. The van der Waals surface area contributed by atoms with Gasteiger partial charge in [-0.2, -0.15) is 0 Å². The van der Waals surface area contributed by atoms with Gasteiger partial charge in [-0.15, -0.1) is 10.1 Å². The molecule has 2 fully saturated rings. The van der Waals surface area contributed by atoms with Gasteiger partial charge in [0, 0.05) is 25.7 Å². The van der Waals surface area contributed by atoms with Gasteiger partial charge >= 0.3 is 11.9 Å². The Morgan fingerprint density at radius 3 is 1.61 bits per heavy atom. The van der Waals surface area contributed by atoms with Crippen molar-refractivity contribution < 1.29 is 38.4 Å². The standard InChI is InChI=1S/C18H24N2O8/c1-17(2,9-15(25)27-19-11(21)5-6-12(19)22)10-18(3,4)16(26)28-20-13(23)7-8-14(20)24/h5-10H2,1-4H3. The number of hydroxylamine groups is 4. The van der Waals surface area contributed by atoms with Crippen molar-refractivity contribution in [3.63, 3.8) is 0 Å². The molecular formula is C18H24N2O8. The van der Waals surface area contributed by atoms with E-state index in [1.54, 1.807) is 27.7 Å². The van der Waals surface area contributed by atoms with Gasteiger partial charge in [0.2, 0.25) is 0 Å². The highest BCUT2D eigenvalue weighted by Crippen LogP contribution is 2.38. The van der Waals surface area contributed by atoms with Crippen LogP contribution >= 0.6 is 0 Å². The molecule has 2 heterocycles. The summed E-state index contributed by atoms with van der Waals surface area (Å²) in [5.41, 5.74) is -1.88. The van der Waals surface area contributed by atoms with Gasteiger partial charge in [-0.05, 0) is 25.7 Å². The van der Waals surface area contributed by atoms with E-state index in [2.05, 4.69) is 0 Å². The van der Waals surface area contributed by atoms with Crippen LogP contribution in [0.4, 0.5) is 0 Å². The average Bonchev–Trinajstić information content (AvgIpc) is 3.03. The van der Waals surface area contributed by atoms with Crippen LogP contribution in [-0.4, -0.2) is 45.7 Å². The molecule has 2 aliphatic rings. The third kappa shape index (κ3) is 4.93. The van der Waals surface area contributed by atoms with E-state index in [1.807, 2.05) is 0 Å². The molecule has 2 aliphatic heterocycles. The molecule has 0 N–H and O–H groups in total. The van der Waals surface area contributed by atoms with E-state index in [9.17, 15) is 28.8 Å². The van der Waals surface area contributed by atoms with Gasteiger partial charge in [-0.25, -0.2) is 9.59 Å². The molecule has 4 amide bonds. The normalized spacial score (nSPS) is 18.1. The molecular weight excluding hydrogens is 372 g/mol. The van der Waals surface area contributed by atoms with Gasteiger partial charge in [-0.3, -0.25) is 19.2 Å². The Balaban J connectivity index is 1.94. The second-order valence-corrected chi connectivity index (χ2v) is 8.41. The van der Waals surface area contributed by atoms with E-state index in [0.29, 0.717) is 10.1 Å². The maximum Gasteiger partial charge on any atom is 0.338 e. The summed E-state index contributed by atoms with van der Waals surface area (Å²) in [5.74, 6) is -3.83. The first-order valence-electron chi connectivity index (χ1n) is 8.97. The van der Waals surface area contributed by atoms with Crippen molar-refractivity contribution in [3.05, 3.63) is 0 Å². The van der Waals surface area contributed by atoms with Crippen LogP contribution in [0.25, 0.3) is 0 Å². The predicted octanol–water partition coefficient (Wildman–Crippen LogP) is 1.03. The minimum atomic E-state index is -1.12. The Kier molecular flexibility index (Phi) is 5.91. The summed E-state index contributed by atoms with van der Waals surface area (Å²) >= 11 is 0. The fourth-order valence-corrected chi connectivity index (χ4v) is 3.38. The van der Waals surface area contributed by atoms with E-state index in [4.69, 9.17) is 9.68 Å². The molecule has 0 aromatic heterocycles. The fraction of sp³-hybridized carbons (Fsp3) is 0.667. The maximum absolute atomic E-state index is 12.5. The van der Waals surface area contributed by atoms with E-state index >= 15 is 0 Å². The number of rotatable bonds is 7. The van der Waals surface area contributed by atoms with Crippen LogP contribution in [0.3, 0.4) is 0 Å². The van der Waals surface area contributed by atoms with Crippen molar-refractivity contribution in [2.75, 3.05) is 0 Å². The lowest BCUT2D eigenvalue weighted by Crippen LogP contribution is -2.40. The van der Waals surface area contributed by atoms with Gasteiger partial charge in [-0.1, -0.05) is 13.8 Å². The molecule has 2 rings (SSSR count). The SMILES string of the molecule is CC(C)(CC(=O)ON1C(=O)CCC1=O)CC(C)(C)C(=O)ON1C(=O)CCC1=O. The van der Waals surface area contributed by atoms with Gasteiger partial charge in [0.25, 0.3) is 23.6 Å². The first-order valence-corrected chi connectivity index (χ1v) is 8.97. The highest BCUT2D eigenvalue weighted by Gasteiger charge is 2.42. The minimum absolute atomic E-state index is 0.00217. The molecule has 10 heteroatoms. The van der Waals surface area contributed by atoms with Gasteiger partial charge in [0.05, 0.1) is 11.8 Å². The lowest BCUT2D eigenvalue weighted by molar-refractivity contribution is -0.206. The monoisotopic (exact) mass is 396 g/mol. The predicted molar refractivity (Wildman–Crippen MR) is 91.2 cm³/mol. The van der Waals surface area contributed by atoms with Crippen LogP contribution in [0, 0.1) is 10.8 Å². The van der Waals surface area contributed by atoms with Gasteiger partial charge in [0.1, 0.15) is 0 Å². The van der Waals surface area contributed by atoms with Crippen molar-refractivity contribution in [1.82, 2.24) is 10.1 Å². The van der Waals surface area contributed by atoms with Crippen LogP contribution in [0.2, 0.25) is 0 Å². The Labute approximate surface area is 162 Å². The fourth-order valence-electron chi connectivity index (χ4n) is 3.38.